The van der Waals surface area contributed by atoms with Crippen LogP contribution < -0.4 is 8.85 Å². The molecule has 0 saturated carbocycles. The maximum Gasteiger partial charge on any atom is 0.242 e. The third-order valence-corrected chi connectivity index (χ3v) is 14.0. The molecule has 0 aliphatic carbocycles. The van der Waals surface area contributed by atoms with Gasteiger partial charge in [-0.15, -0.1) is 0 Å². The number of para-hydroxylation sites is 1. The van der Waals surface area contributed by atoms with Crippen molar-refractivity contribution in [2.75, 3.05) is 0 Å². The highest BCUT2D eigenvalue weighted by molar-refractivity contribution is 6.79. The zero-order valence-corrected chi connectivity index (χ0v) is 31.5. The lowest BCUT2D eigenvalue weighted by Crippen LogP contribution is -2.34. The number of rotatable bonds is 12. The van der Waals surface area contributed by atoms with Crippen molar-refractivity contribution in [1.82, 2.24) is 0 Å². The van der Waals surface area contributed by atoms with Gasteiger partial charge >= 0.3 is 0 Å². The Morgan fingerprint density at radius 1 is 0.719 bits per heavy atom. The molecule has 0 heterocycles. The van der Waals surface area contributed by atoms with Gasteiger partial charge in [-0.05, 0) is 95.5 Å². The van der Waals surface area contributed by atoms with Gasteiger partial charge in [0.25, 0.3) is 0 Å². The molecule has 12 heteroatoms. The Labute approximate surface area is 208 Å². The summed E-state index contributed by atoms with van der Waals surface area (Å²) >= 11 is 0. The van der Waals surface area contributed by atoms with Gasteiger partial charge in [-0.25, -0.2) is 0 Å². The summed E-state index contributed by atoms with van der Waals surface area (Å²) in [6.45, 7) is 26.7. The number of benzene rings is 1. The first-order valence-corrected chi connectivity index (χ1v) is 28.4. The molecular weight excluding hydrogens is 517 g/mol. The molecule has 0 fully saturated rings. The summed E-state index contributed by atoms with van der Waals surface area (Å²) in [5.74, 6) is 2.64. The zero-order valence-electron chi connectivity index (χ0n) is 22.7. The van der Waals surface area contributed by atoms with Crippen LogP contribution in [0.5, 0.6) is 11.5 Å². The Morgan fingerprint density at radius 2 is 1.28 bits per heavy atom. The molecule has 0 spiro atoms. The Kier molecular flexibility index (Phi) is 10.7. The topological polar surface area (TPSA) is 46.2 Å². The molecule has 32 heavy (non-hydrogen) atoms. The smallest absolute Gasteiger partial charge is 0.242 e. The summed E-state index contributed by atoms with van der Waals surface area (Å²) in [5.41, 5.74) is 1.01. The lowest BCUT2D eigenvalue weighted by atomic mass is 10.1. The van der Waals surface area contributed by atoms with Crippen molar-refractivity contribution in [1.29, 1.82) is 0 Å². The van der Waals surface area contributed by atoms with Crippen LogP contribution in [-0.2, 0) is 12.7 Å². The van der Waals surface area contributed by atoms with E-state index >= 15 is 0 Å². The van der Waals surface area contributed by atoms with Crippen LogP contribution in [-0.4, -0.2) is 63.3 Å². The van der Waals surface area contributed by atoms with Crippen molar-refractivity contribution >= 4 is 69.0 Å². The average Bonchev–Trinajstić information content (AvgIpc) is 2.54. The maximum atomic E-state index is 6.79. The minimum Gasteiger partial charge on any atom is -0.544 e. The van der Waals surface area contributed by atoms with Crippen LogP contribution >= 0.6 is 0 Å². The summed E-state index contributed by atoms with van der Waals surface area (Å²) in [6, 6.07) is 6.24. The third-order valence-electron chi connectivity index (χ3n) is 3.78. The Balaban J connectivity index is 3.81. The first-order valence-electron chi connectivity index (χ1n) is 11.4. The van der Waals surface area contributed by atoms with Crippen molar-refractivity contribution < 1.29 is 21.5 Å². The molecule has 0 N–H and O–H groups in total. The van der Waals surface area contributed by atoms with Crippen molar-refractivity contribution in [3.8, 4) is 11.5 Å². The molecule has 0 amide bonds. The van der Waals surface area contributed by atoms with Gasteiger partial charge in [-0.1, -0.05) is 6.07 Å². The van der Waals surface area contributed by atoms with E-state index in [1.807, 2.05) is 6.07 Å². The molecule has 1 aromatic carbocycles. The second kappa shape index (κ2) is 11.5. The van der Waals surface area contributed by atoms with Crippen molar-refractivity contribution in [2.24, 2.45) is 0 Å². The van der Waals surface area contributed by atoms with E-state index in [1.54, 1.807) is 0 Å². The van der Waals surface area contributed by atoms with Gasteiger partial charge in [0.05, 0.1) is 5.56 Å². The van der Waals surface area contributed by atoms with Gasteiger partial charge in [0.2, 0.25) is 25.0 Å². The molecule has 0 bridgehead atoms. The van der Waals surface area contributed by atoms with Crippen molar-refractivity contribution in [3.05, 3.63) is 28.6 Å². The second-order valence-corrected chi connectivity index (χ2v) is 36.3. The fourth-order valence-electron chi connectivity index (χ4n) is 2.79. The summed E-state index contributed by atoms with van der Waals surface area (Å²) in [7, 11) is -8.32. The molecule has 0 aromatic heterocycles. The standard InChI is InChI=1S/C20H46O5Si7/c1-29(2,3)21-17-15-13-14-16(18(17)22-30(4,5)6)19(23-31(7,8)9)20(27-24-26)28-25-32(10,11)12/h13-15H,27-28H2,1-12,26H3. The Bertz CT molecular complexity index is 787. The maximum absolute atomic E-state index is 6.79. The summed E-state index contributed by atoms with van der Waals surface area (Å²) < 4.78 is 32.4. The quantitative estimate of drug-likeness (QED) is 0.286. The molecular formula is C20H46O5Si7. The van der Waals surface area contributed by atoms with E-state index in [0.29, 0.717) is 0 Å². The molecule has 0 radical (unpaired) electrons. The molecule has 0 aliphatic heterocycles. The van der Waals surface area contributed by atoms with Gasteiger partial charge < -0.3 is 21.5 Å². The average molecular weight is 563 g/mol. The molecule has 1 rings (SSSR count). The Morgan fingerprint density at radius 3 is 1.72 bits per heavy atom. The van der Waals surface area contributed by atoms with E-state index in [4.69, 9.17) is 21.5 Å². The number of hydrogen-bond donors (Lipinski definition) is 0. The van der Waals surface area contributed by atoms with E-state index in [2.05, 4.69) is 90.7 Å². The summed E-state index contributed by atoms with van der Waals surface area (Å²) in [5, 5.41) is 0. The Hall–Kier alpha value is -0.202. The van der Waals surface area contributed by atoms with Gasteiger partial charge in [0, 0.05) is 0 Å². The SMILES string of the molecule is C[Si](C)(C)O[SiH2]C([SiH2]O[SiH3])=C(O[Si](C)(C)C)c1cccc(O[Si](C)(C)C)c1O[Si](C)(C)C. The predicted molar refractivity (Wildman–Crippen MR) is 158 cm³/mol. The van der Waals surface area contributed by atoms with Crippen LogP contribution in [0, 0.1) is 0 Å². The largest absolute Gasteiger partial charge is 0.544 e. The van der Waals surface area contributed by atoms with E-state index < -0.39 is 52.8 Å². The van der Waals surface area contributed by atoms with Gasteiger partial charge in [0.1, 0.15) is 22.0 Å². The molecule has 5 nitrogen and oxygen atoms in total. The van der Waals surface area contributed by atoms with E-state index in [9.17, 15) is 0 Å². The van der Waals surface area contributed by atoms with Crippen molar-refractivity contribution in [2.45, 2.75) is 78.6 Å². The normalized spacial score (nSPS) is 15.0. The highest BCUT2D eigenvalue weighted by atomic mass is 28.4. The molecule has 184 valence electrons. The van der Waals surface area contributed by atoms with Gasteiger partial charge in [-0.3, -0.25) is 0 Å². The van der Waals surface area contributed by atoms with Crippen LogP contribution in [0.3, 0.4) is 0 Å². The fourth-order valence-corrected chi connectivity index (χ4v) is 13.3. The first-order chi connectivity index (χ1) is 14.3. The lowest BCUT2D eigenvalue weighted by Gasteiger charge is -2.31. The van der Waals surface area contributed by atoms with Crippen molar-refractivity contribution in [3.63, 3.8) is 0 Å². The van der Waals surface area contributed by atoms with Crippen LogP contribution in [0.25, 0.3) is 5.76 Å². The highest BCUT2D eigenvalue weighted by Crippen LogP contribution is 2.40. The minimum atomic E-state index is -1.90. The van der Waals surface area contributed by atoms with Crippen LogP contribution in [0.15, 0.2) is 23.0 Å². The summed E-state index contributed by atoms with van der Waals surface area (Å²) in [6.07, 6.45) is 0. The molecule has 1 aromatic rings. The first kappa shape index (κ1) is 29.8. The van der Waals surface area contributed by atoms with Gasteiger partial charge in [0.15, 0.2) is 33.6 Å². The lowest BCUT2D eigenvalue weighted by molar-refractivity contribution is 0.474. The van der Waals surface area contributed by atoms with E-state index in [-0.39, 0.29) is 0 Å². The number of hydrogen-bond acceptors (Lipinski definition) is 5. The molecule has 0 saturated heterocycles. The van der Waals surface area contributed by atoms with E-state index in [1.165, 1.54) is 4.82 Å². The predicted octanol–water partition coefficient (Wildman–Crippen LogP) is 3.91. The van der Waals surface area contributed by atoms with Gasteiger partial charge in [-0.2, -0.15) is 0 Å². The highest BCUT2D eigenvalue weighted by Gasteiger charge is 2.30. The molecule has 0 unspecified atom stereocenters. The van der Waals surface area contributed by atoms with Crippen LogP contribution in [0.2, 0.25) is 78.6 Å². The molecule has 0 atom stereocenters. The van der Waals surface area contributed by atoms with E-state index in [0.717, 1.165) is 33.3 Å². The molecule has 0 aliphatic rings. The van der Waals surface area contributed by atoms with Crippen LogP contribution in [0.1, 0.15) is 5.56 Å². The second-order valence-electron chi connectivity index (χ2n) is 12.0. The zero-order chi connectivity index (χ0) is 25.0. The minimum absolute atomic E-state index is 0.735. The monoisotopic (exact) mass is 562 g/mol. The summed E-state index contributed by atoms with van der Waals surface area (Å²) in [4.78, 5) is 1.32. The fraction of sp³-hybridized carbons (Fsp3) is 0.600. The van der Waals surface area contributed by atoms with Crippen LogP contribution in [0.4, 0.5) is 0 Å². The third kappa shape index (κ3) is 11.8.